The van der Waals surface area contributed by atoms with Crippen molar-refractivity contribution in [2.24, 2.45) is 11.8 Å². The molecule has 2 aliphatic rings. The van der Waals surface area contributed by atoms with E-state index in [1.165, 1.54) is 13.5 Å². The van der Waals surface area contributed by atoms with Crippen molar-refractivity contribution in [3.63, 3.8) is 0 Å². The summed E-state index contributed by atoms with van der Waals surface area (Å²) in [5.74, 6) is 1.69. The lowest BCUT2D eigenvalue weighted by atomic mass is 9.81. The molecule has 3 unspecified atom stereocenters. The molecule has 5 heteroatoms. The van der Waals surface area contributed by atoms with Crippen molar-refractivity contribution in [3.05, 3.63) is 11.9 Å². The fourth-order valence-corrected chi connectivity index (χ4v) is 3.49. The van der Waals surface area contributed by atoms with E-state index >= 15 is 0 Å². The first-order valence-electron chi connectivity index (χ1n) is 6.35. The summed E-state index contributed by atoms with van der Waals surface area (Å²) < 4.78 is 10.3. The van der Waals surface area contributed by atoms with Crippen molar-refractivity contribution in [3.8, 4) is 11.8 Å². The van der Waals surface area contributed by atoms with Gasteiger partial charge in [0, 0.05) is 0 Å². The number of ether oxygens (including phenoxy) is 2. The topological polar surface area (TPSA) is 64.5 Å². The molecule has 2 fully saturated rings. The van der Waals surface area contributed by atoms with Crippen LogP contribution >= 0.6 is 0 Å². The van der Waals surface area contributed by atoms with E-state index < -0.39 is 5.60 Å². The van der Waals surface area contributed by atoms with Gasteiger partial charge in [-0.1, -0.05) is 0 Å². The minimum Gasteiger partial charge on any atom is -0.480 e. The highest BCUT2D eigenvalue weighted by Gasteiger charge is 2.53. The number of aromatic nitrogens is 2. The first-order chi connectivity index (χ1) is 8.67. The second kappa shape index (κ2) is 4.09. The molecule has 2 bridgehead atoms. The summed E-state index contributed by atoms with van der Waals surface area (Å²) in [6.45, 7) is 0. The molecule has 0 radical (unpaired) electrons. The summed E-state index contributed by atoms with van der Waals surface area (Å²) in [6, 6.07) is 0. The van der Waals surface area contributed by atoms with Gasteiger partial charge in [0.1, 0.15) is 11.3 Å². The third-order valence-corrected chi connectivity index (χ3v) is 4.35. The first-order valence-corrected chi connectivity index (χ1v) is 6.35. The smallest absolute Gasteiger partial charge is 0.241 e. The molecule has 1 N–H and O–H groups in total. The molecule has 1 heterocycles. The Morgan fingerprint density at radius 2 is 2.17 bits per heavy atom. The van der Waals surface area contributed by atoms with Gasteiger partial charge in [0.25, 0.3) is 0 Å². The Morgan fingerprint density at radius 1 is 1.33 bits per heavy atom. The molecule has 3 atom stereocenters. The van der Waals surface area contributed by atoms with E-state index in [0.717, 1.165) is 19.3 Å². The molecule has 98 valence electrons. The minimum absolute atomic E-state index is 0.291. The van der Waals surface area contributed by atoms with Gasteiger partial charge in [0.05, 0.1) is 20.4 Å². The summed E-state index contributed by atoms with van der Waals surface area (Å²) in [5.41, 5.74) is -0.300. The van der Waals surface area contributed by atoms with Crippen LogP contribution in [0.2, 0.25) is 0 Å². The number of hydrogen-bond acceptors (Lipinski definition) is 5. The monoisotopic (exact) mass is 250 g/mol. The predicted octanol–water partition coefficient (Wildman–Crippen LogP) is 1.50. The molecule has 2 saturated carbocycles. The van der Waals surface area contributed by atoms with Gasteiger partial charge in [-0.2, -0.15) is 4.98 Å². The molecule has 0 amide bonds. The average molecular weight is 250 g/mol. The lowest BCUT2D eigenvalue weighted by Gasteiger charge is -2.32. The van der Waals surface area contributed by atoms with Gasteiger partial charge in [0.2, 0.25) is 11.8 Å². The van der Waals surface area contributed by atoms with Gasteiger partial charge < -0.3 is 14.6 Å². The Labute approximate surface area is 106 Å². The largest absolute Gasteiger partial charge is 0.480 e. The standard InChI is InChI=1S/C13H18N2O3/c1-17-10-7-14-11(12(15-10)18-2)13(16)6-8-3-4-9(13)5-8/h7-9,16H,3-6H2,1-2H3. The van der Waals surface area contributed by atoms with Gasteiger partial charge in [-0.25, -0.2) is 4.98 Å². The van der Waals surface area contributed by atoms with Crippen molar-refractivity contribution in [1.29, 1.82) is 0 Å². The van der Waals surface area contributed by atoms with E-state index in [0.29, 0.717) is 29.3 Å². The summed E-state index contributed by atoms with van der Waals surface area (Å²) in [4.78, 5) is 8.55. The highest BCUT2D eigenvalue weighted by molar-refractivity contribution is 5.30. The maximum Gasteiger partial charge on any atom is 0.241 e. The molecular formula is C13H18N2O3. The fourth-order valence-electron chi connectivity index (χ4n) is 3.49. The highest BCUT2D eigenvalue weighted by atomic mass is 16.5. The molecule has 0 spiro atoms. The van der Waals surface area contributed by atoms with E-state index in [9.17, 15) is 5.11 Å². The molecule has 5 nitrogen and oxygen atoms in total. The Bertz CT molecular complexity index is 466. The van der Waals surface area contributed by atoms with Crippen LogP contribution in [0.25, 0.3) is 0 Å². The van der Waals surface area contributed by atoms with Crippen molar-refractivity contribution in [2.45, 2.75) is 31.3 Å². The summed E-state index contributed by atoms with van der Waals surface area (Å²) >= 11 is 0. The fraction of sp³-hybridized carbons (Fsp3) is 0.692. The third-order valence-electron chi connectivity index (χ3n) is 4.35. The van der Waals surface area contributed by atoms with Crippen LogP contribution in [0.5, 0.6) is 11.8 Å². The Kier molecular flexibility index (Phi) is 2.66. The first kappa shape index (κ1) is 11.7. The molecule has 3 rings (SSSR count). The van der Waals surface area contributed by atoms with Crippen LogP contribution in [0, 0.1) is 11.8 Å². The van der Waals surface area contributed by atoms with Gasteiger partial charge in [-0.05, 0) is 37.5 Å². The molecule has 1 aromatic rings. The number of methoxy groups -OCH3 is 2. The molecule has 18 heavy (non-hydrogen) atoms. The molecule has 0 aromatic carbocycles. The lowest BCUT2D eigenvalue weighted by Crippen LogP contribution is -2.34. The van der Waals surface area contributed by atoms with Crippen LogP contribution in [0.15, 0.2) is 6.20 Å². The number of nitrogens with zero attached hydrogens (tertiary/aromatic N) is 2. The molecule has 0 saturated heterocycles. The van der Waals surface area contributed by atoms with E-state index in [4.69, 9.17) is 9.47 Å². The van der Waals surface area contributed by atoms with Gasteiger partial charge in [-0.3, -0.25) is 0 Å². The van der Waals surface area contributed by atoms with Crippen LogP contribution in [0.4, 0.5) is 0 Å². The van der Waals surface area contributed by atoms with Crippen molar-refractivity contribution >= 4 is 0 Å². The van der Waals surface area contributed by atoms with Crippen LogP contribution in [-0.2, 0) is 5.60 Å². The SMILES string of the molecule is COc1cnc(C2(O)CC3CCC2C3)c(OC)n1. The summed E-state index contributed by atoms with van der Waals surface area (Å²) in [5, 5.41) is 10.9. The van der Waals surface area contributed by atoms with Crippen molar-refractivity contribution in [2.75, 3.05) is 14.2 Å². The quantitative estimate of drug-likeness (QED) is 0.880. The predicted molar refractivity (Wildman–Crippen MR) is 64.5 cm³/mol. The van der Waals surface area contributed by atoms with Gasteiger partial charge in [0.15, 0.2) is 0 Å². The minimum atomic E-state index is -0.868. The lowest BCUT2D eigenvalue weighted by molar-refractivity contribution is -0.0247. The highest BCUT2D eigenvalue weighted by Crippen LogP contribution is 2.56. The zero-order valence-corrected chi connectivity index (χ0v) is 10.7. The maximum atomic E-state index is 10.9. The molecule has 0 aliphatic heterocycles. The molecular weight excluding hydrogens is 232 g/mol. The van der Waals surface area contributed by atoms with Crippen LogP contribution in [-0.4, -0.2) is 29.3 Å². The zero-order valence-electron chi connectivity index (χ0n) is 10.7. The third kappa shape index (κ3) is 1.57. The van der Waals surface area contributed by atoms with E-state index in [-0.39, 0.29) is 0 Å². The summed E-state index contributed by atoms with van der Waals surface area (Å²) in [7, 11) is 3.08. The number of hydrogen-bond donors (Lipinski definition) is 1. The second-order valence-corrected chi connectivity index (χ2v) is 5.27. The van der Waals surface area contributed by atoms with Gasteiger partial charge >= 0.3 is 0 Å². The van der Waals surface area contributed by atoms with E-state index in [2.05, 4.69) is 9.97 Å². The number of aliphatic hydroxyl groups is 1. The van der Waals surface area contributed by atoms with E-state index in [1.807, 2.05) is 0 Å². The zero-order chi connectivity index (χ0) is 12.8. The van der Waals surface area contributed by atoms with E-state index in [1.54, 1.807) is 13.3 Å². The Morgan fingerprint density at radius 3 is 2.72 bits per heavy atom. The number of fused-ring (bicyclic) bond motifs is 2. The van der Waals surface area contributed by atoms with Gasteiger partial charge in [-0.15, -0.1) is 0 Å². The van der Waals surface area contributed by atoms with Crippen molar-refractivity contribution in [1.82, 2.24) is 9.97 Å². The molecule has 2 aliphatic carbocycles. The Balaban J connectivity index is 2.01. The van der Waals surface area contributed by atoms with Crippen molar-refractivity contribution < 1.29 is 14.6 Å². The average Bonchev–Trinajstić information content (AvgIpc) is 2.98. The van der Waals surface area contributed by atoms with Crippen LogP contribution in [0.1, 0.15) is 31.4 Å². The number of rotatable bonds is 3. The second-order valence-electron chi connectivity index (χ2n) is 5.27. The normalized spacial score (nSPS) is 33.7. The summed E-state index contributed by atoms with van der Waals surface area (Å²) in [6.07, 6.45) is 5.70. The molecule has 1 aromatic heterocycles. The van der Waals surface area contributed by atoms with Crippen LogP contribution in [0.3, 0.4) is 0 Å². The Hall–Kier alpha value is -1.36. The maximum absolute atomic E-state index is 10.9. The van der Waals surface area contributed by atoms with Crippen LogP contribution < -0.4 is 9.47 Å².